The number of nitrogens with zero attached hydrogens (tertiary/aromatic N) is 4. The van der Waals surface area contributed by atoms with Crippen molar-refractivity contribution in [3.8, 4) is 0 Å². The average Bonchev–Trinajstić information content (AvgIpc) is 2.98. The molecule has 1 unspecified atom stereocenters. The van der Waals surface area contributed by atoms with Crippen LogP contribution in [-0.2, 0) is 11.8 Å². The fourth-order valence-electron chi connectivity index (χ4n) is 2.17. The van der Waals surface area contributed by atoms with Gasteiger partial charge in [-0.15, -0.1) is 10.2 Å². The molecule has 2 rings (SSSR count). The molecule has 0 aliphatic rings. The Morgan fingerprint density at radius 3 is 2.54 bits per heavy atom. The van der Waals surface area contributed by atoms with Gasteiger partial charge in [0.05, 0.1) is 9.82 Å². The van der Waals surface area contributed by atoms with Crippen molar-refractivity contribution < 1.29 is 14.5 Å². The molecule has 0 bridgehead atoms. The lowest BCUT2D eigenvalue weighted by molar-refractivity contribution is -0.387. The maximum atomic E-state index is 12.4. The number of nitrogens with one attached hydrogen (secondary N) is 2. The number of carbonyl (C=O) groups excluding carboxylic acids is 2. The molecule has 150 valence electrons. The normalized spacial score (nSPS) is 12.3. The van der Waals surface area contributed by atoms with E-state index in [4.69, 9.17) is 0 Å². The van der Waals surface area contributed by atoms with Crippen molar-refractivity contribution in [1.82, 2.24) is 25.4 Å². The quantitative estimate of drug-likeness (QED) is 0.553. The van der Waals surface area contributed by atoms with E-state index in [1.54, 1.807) is 18.5 Å². The molecule has 0 saturated heterocycles. The highest BCUT2D eigenvalue weighted by Crippen LogP contribution is 2.34. The van der Waals surface area contributed by atoms with E-state index >= 15 is 0 Å². The number of amides is 2. The summed E-state index contributed by atoms with van der Waals surface area (Å²) >= 11 is 1.07. The van der Waals surface area contributed by atoms with Gasteiger partial charge in [0, 0.05) is 24.2 Å². The molecule has 0 radical (unpaired) electrons. The van der Waals surface area contributed by atoms with Crippen molar-refractivity contribution in [2.75, 3.05) is 0 Å². The maximum absolute atomic E-state index is 12.4. The Bertz CT molecular complexity index is 905. The lowest BCUT2D eigenvalue weighted by Gasteiger charge is -2.23. The number of nitro groups is 1. The molecule has 0 aliphatic heterocycles. The first-order valence-electron chi connectivity index (χ1n) is 8.41. The van der Waals surface area contributed by atoms with Crippen molar-refractivity contribution >= 4 is 29.3 Å². The largest absolute Gasteiger partial charge is 0.350 e. The average molecular weight is 406 g/mol. The monoisotopic (exact) mass is 406 g/mol. The van der Waals surface area contributed by atoms with Gasteiger partial charge < -0.3 is 15.2 Å². The molecular formula is C17H22N6O4S. The van der Waals surface area contributed by atoms with Gasteiger partial charge in [-0.25, -0.2) is 0 Å². The first kappa shape index (κ1) is 21.4. The van der Waals surface area contributed by atoms with Crippen molar-refractivity contribution in [2.24, 2.45) is 7.05 Å². The molecule has 2 amide bonds. The van der Waals surface area contributed by atoms with E-state index < -0.39 is 22.4 Å². The highest BCUT2D eigenvalue weighted by atomic mass is 32.2. The Morgan fingerprint density at radius 1 is 1.32 bits per heavy atom. The molecule has 0 spiro atoms. The van der Waals surface area contributed by atoms with Crippen LogP contribution in [0.25, 0.3) is 0 Å². The summed E-state index contributed by atoms with van der Waals surface area (Å²) in [7, 11) is 1.72. The zero-order chi connectivity index (χ0) is 21.1. The summed E-state index contributed by atoms with van der Waals surface area (Å²) in [5.74, 6) is -0.917. The minimum atomic E-state index is -0.793. The molecular weight excluding hydrogens is 384 g/mol. The van der Waals surface area contributed by atoms with E-state index in [9.17, 15) is 19.7 Å². The highest BCUT2D eigenvalue weighted by Gasteiger charge is 2.23. The Labute approximate surface area is 166 Å². The zero-order valence-electron chi connectivity index (χ0n) is 16.2. The molecule has 1 aromatic heterocycles. The third-order valence-corrected chi connectivity index (χ3v) is 4.65. The van der Waals surface area contributed by atoms with Crippen LogP contribution in [0.1, 0.15) is 38.1 Å². The zero-order valence-corrected chi connectivity index (χ0v) is 17.0. The molecule has 10 nitrogen and oxygen atoms in total. The molecule has 0 aliphatic carbocycles. The van der Waals surface area contributed by atoms with Crippen LogP contribution in [0.4, 0.5) is 5.69 Å². The van der Waals surface area contributed by atoms with E-state index in [1.165, 1.54) is 24.5 Å². The van der Waals surface area contributed by atoms with E-state index in [2.05, 4.69) is 20.8 Å². The molecule has 11 heteroatoms. The minimum absolute atomic E-state index is 0.0874. The van der Waals surface area contributed by atoms with Gasteiger partial charge in [-0.05, 0) is 51.6 Å². The van der Waals surface area contributed by atoms with E-state index in [-0.39, 0.29) is 17.2 Å². The molecule has 2 aromatic rings. The Morgan fingerprint density at radius 2 is 2.00 bits per heavy atom. The van der Waals surface area contributed by atoms with E-state index in [0.717, 1.165) is 11.8 Å². The standard InChI is InChI=1S/C17H22N6O4S/c1-10(14(24)20-17(2,3)4)19-15(25)11-6-7-13(12(8-11)23(26)27)28-16-21-18-9-22(16)5/h6-10H,1-5H3,(H,19,25)(H,20,24). The third kappa shape index (κ3) is 5.52. The van der Waals surface area contributed by atoms with Crippen molar-refractivity contribution in [2.45, 2.75) is 49.3 Å². The smallest absolute Gasteiger partial charge is 0.284 e. The SMILES string of the molecule is CC(NC(=O)c1ccc(Sc2nncn2C)c([N+](=O)[O-])c1)C(=O)NC(C)(C)C. The number of benzene rings is 1. The summed E-state index contributed by atoms with van der Waals surface area (Å²) in [5, 5.41) is 24.9. The van der Waals surface area contributed by atoms with Crippen LogP contribution in [0, 0.1) is 10.1 Å². The lowest BCUT2D eigenvalue weighted by atomic mass is 10.1. The molecule has 0 fully saturated rings. The number of nitro benzene ring substituents is 1. The van der Waals surface area contributed by atoms with Crippen LogP contribution in [0.2, 0.25) is 0 Å². The van der Waals surface area contributed by atoms with Crippen molar-refractivity contribution in [1.29, 1.82) is 0 Å². The molecule has 0 saturated carbocycles. The molecule has 1 aromatic carbocycles. The highest BCUT2D eigenvalue weighted by molar-refractivity contribution is 7.99. The second kappa shape index (κ2) is 8.38. The molecule has 1 heterocycles. The number of aryl methyl sites for hydroxylation is 1. The summed E-state index contributed by atoms with van der Waals surface area (Å²) in [6, 6.07) is 3.34. The third-order valence-electron chi connectivity index (χ3n) is 3.53. The summed E-state index contributed by atoms with van der Waals surface area (Å²) in [4.78, 5) is 35.8. The number of hydrogen-bond donors (Lipinski definition) is 2. The van der Waals surface area contributed by atoms with Crippen LogP contribution in [-0.4, -0.2) is 43.1 Å². The van der Waals surface area contributed by atoms with Crippen molar-refractivity contribution in [3.63, 3.8) is 0 Å². The fourth-order valence-corrected chi connectivity index (χ4v) is 3.02. The number of rotatable bonds is 6. The van der Waals surface area contributed by atoms with Gasteiger partial charge in [0.1, 0.15) is 12.4 Å². The summed E-state index contributed by atoms with van der Waals surface area (Å²) in [6.45, 7) is 7.04. The van der Waals surface area contributed by atoms with Crippen LogP contribution >= 0.6 is 11.8 Å². The Kier molecular flexibility index (Phi) is 6.39. The Hall–Kier alpha value is -2.95. The van der Waals surface area contributed by atoms with Gasteiger partial charge in [0.2, 0.25) is 5.91 Å². The van der Waals surface area contributed by atoms with Gasteiger partial charge in [0.15, 0.2) is 5.16 Å². The van der Waals surface area contributed by atoms with Gasteiger partial charge >= 0.3 is 0 Å². The number of hydrogen-bond acceptors (Lipinski definition) is 7. The molecule has 28 heavy (non-hydrogen) atoms. The fraction of sp³-hybridized carbons (Fsp3) is 0.412. The Balaban J connectivity index is 2.18. The van der Waals surface area contributed by atoms with Gasteiger partial charge in [-0.3, -0.25) is 19.7 Å². The first-order valence-corrected chi connectivity index (χ1v) is 9.23. The summed E-state index contributed by atoms with van der Waals surface area (Å²) in [5.41, 5.74) is -0.579. The number of carbonyl (C=O) groups is 2. The lowest BCUT2D eigenvalue weighted by Crippen LogP contribution is -2.50. The molecule has 2 N–H and O–H groups in total. The first-order chi connectivity index (χ1) is 13.0. The summed E-state index contributed by atoms with van der Waals surface area (Å²) < 4.78 is 1.63. The predicted molar refractivity (Wildman–Crippen MR) is 103 cm³/mol. The van der Waals surface area contributed by atoms with Gasteiger partial charge in [0.25, 0.3) is 11.6 Å². The number of aromatic nitrogens is 3. The minimum Gasteiger partial charge on any atom is -0.350 e. The second-order valence-corrected chi connectivity index (χ2v) is 8.21. The van der Waals surface area contributed by atoms with Crippen LogP contribution in [0.5, 0.6) is 0 Å². The predicted octanol–water partition coefficient (Wildman–Crippen LogP) is 1.91. The van der Waals surface area contributed by atoms with Crippen LogP contribution in [0.15, 0.2) is 34.6 Å². The maximum Gasteiger partial charge on any atom is 0.284 e. The van der Waals surface area contributed by atoms with Crippen molar-refractivity contribution in [3.05, 3.63) is 40.2 Å². The molecule has 1 atom stereocenters. The van der Waals surface area contributed by atoms with Crippen LogP contribution < -0.4 is 10.6 Å². The van der Waals surface area contributed by atoms with Gasteiger partial charge in [-0.2, -0.15) is 0 Å². The topological polar surface area (TPSA) is 132 Å². The second-order valence-electron chi connectivity index (χ2n) is 7.20. The summed E-state index contributed by atoms with van der Waals surface area (Å²) in [6.07, 6.45) is 1.49. The van der Waals surface area contributed by atoms with E-state index in [1.807, 2.05) is 20.8 Å². The van der Waals surface area contributed by atoms with Gasteiger partial charge in [-0.1, -0.05) is 0 Å². The van der Waals surface area contributed by atoms with E-state index in [0.29, 0.717) is 10.1 Å². The van der Waals surface area contributed by atoms with Crippen LogP contribution in [0.3, 0.4) is 0 Å².